The van der Waals surface area contributed by atoms with Crippen LogP contribution in [0.25, 0.3) is 0 Å². The number of alkyl halides is 3. The summed E-state index contributed by atoms with van der Waals surface area (Å²) >= 11 is 4.80. The first kappa shape index (κ1) is 14.6. The van der Waals surface area contributed by atoms with Gasteiger partial charge in [0.2, 0.25) is 0 Å². The quantitative estimate of drug-likeness (QED) is 0.814. The van der Waals surface area contributed by atoms with Crippen LogP contribution in [-0.2, 0) is 6.18 Å². The zero-order chi connectivity index (χ0) is 14.2. The number of aliphatic hydroxyl groups is 1. The maximum absolute atomic E-state index is 12.4. The monoisotopic (exact) mass is 350 g/mol. The third-order valence-corrected chi connectivity index (χ3v) is 4.34. The minimum atomic E-state index is -4.36. The standard InChI is InChI=1S/C13H10BrF3OS/c1-7-10(6-11(14)19-7)12(18)8-2-4-9(5-3-8)13(15,16)17/h2-6,12,18H,1H3. The Morgan fingerprint density at radius 2 is 1.79 bits per heavy atom. The molecule has 2 aromatic rings. The topological polar surface area (TPSA) is 20.2 Å². The highest BCUT2D eigenvalue weighted by Gasteiger charge is 2.30. The molecule has 0 radical (unpaired) electrons. The molecule has 1 N–H and O–H groups in total. The Kier molecular flexibility index (Phi) is 4.03. The van der Waals surface area contributed by atoms with Crippen molar-refractivity contribution in [2.24, 2.45) is 0 Å². The van der Waals surface area contributed by atoms with Gasteiger partial charge in [0, 0.05) is 4.88 Å². The van der Waals surface area contributed by atoms with Crippen LogP contribution in [0.3, 0.4) is 0 Å². The SMILES string of the molecule is Cc1sc(Br)cc1C(O)c1ccc(C(F)(F)F)cc1. The Morgan fingerprint density at radius 1 is 1.21 bits per heavy atom. The Labute approximate surface area is 120 Å². The molecule has 0 aliphatic carbocycles. The molecule has 0 fully saturated rings. The fourth-order valence-electron chi connectivity index (χ4n) is 1.76. The number of thiophene rings is 1. The lowest BCUT2D eigenvalue weighted by atomic mass is 10.0. The van der Waals surface area contributed by atoms with Crippen LogP contribution in [0.1, 0.15) is 27.7 Å². The second kappa shape index (κ2) is 5.26. The van der Waals surface area contributed by atoms with Gasteiger partial charge in [-0.1, -0.05) is 12.1 Å². The van der Waals surface area contributed by atoms with Gasteiger partial charge in [0.1, 0.15) is 6.10 Å². The van der Waals surface area contributed by atoms with E-state index >= 15 is 0 Å². The van der Waals surface area contributed by atoms with E-state index in [4.69, 9.17) is 0 Å². The molecule has 19 heavy (non-hydrogen) atoms. The predicted molar refractivity (Wildman–Crippen MR) is 72.3 cm³/mol. The first-order chi connectivity index (χ1) is 8.79. The van der Waals surface area contributed by atoms with E-state index in [1.54, 1.807) is 6.07 Å². The van der Waals surface area contributed by atoms with E-state index in [0.717, 1.165) is 20.8 Å². The first-order valence-electron chi connectivity index (χ1n) is 5.40. The van der Waals surface area contributed by atoms with Gasteiger partial charge in [-0.05, 0) is 52.2 Å². The van der Waals surface area contributed by atoms with E-state index in [2.05, 4.69) is 15.9 Å². The van der Waals surface area contributed by atoms with Gasteiger partial charge in [0.25, 0.3) is 0 Å². The van der Waals surface area contributed by atoms with Crippen LogP contribution >= 0.6 is 27.3 Å². The van der Waals surface area contributed by atoms with Crippen molar-refractivity contribution in [2.45, 2.75) is 19.2 Å². The van der Waals surface area contributed by atoms with E-state index in [0.29, 0.717) is 11.1 Å². The number of hydrogen-bond donors (Lipinski definition) is 1. The summed E-state index contributed by atoms with van der Waals surface area (Å²) in [6.07, 6.45) is -5.27. The molecule has 0 saturated heterocycles. The number of rotatable bonds is 2. The van der Waals surface area contributed by atoms with Gasteiger partial charge in [-0.2, -0.15) is 13.2 Å². The van der Waals surface area contributed by atoms with Gasteiger partial charge in [-0.25, -0.2) is 0 Å². The highest BCUT2D eigenvalue weighted by molar-refractivity contribution is 9.11. The lowest BCUT2D eigenvalue weighted by molar-refractivity contribution is -0.137. The van der Waals surface area contributed by atoms with Crippen molar-refractivity contribution in [1.29, 1.82) is 0 Å². The Morgan fingerprint density at radius 3 is 2.21 bits per heavy atom. The molecule has 0 amide bonds. The Hall–Kier alpha value is -0.850. The summed E-state index contributed by atoms with van der Waals surface area (Å²) in [5, 5.41) is 10.2. The molecule has 0 aliphatic rings. The third-order valence-electron chi connectivity index (χ3n) is 2.77. The van der Waals surface area contributed by atoms with Crippen LogP contribution < -0.4 is 0 Å². The van der Waals surface area contributed by atoms with E-state index in [1.807, 2.05) is 6.92 Å². The van der Waals surface area contributed by atoms with Gasteiger partial charge in [-0.15, -0.1) is 11.3 Å². The lowest BCUT2D eigenvalue weighted by Crippen LogP contribution is -2.06. The molecule has 1 nitrogen and oxygen atoms in total. The van der Waals surface area contributed by atoms with Crippen LogP contribution in [0.15, 0.2) is 34.1 Å². The molecule has 2 rings (SSSR count). The predicted octanol–water partition coefficient (Wildman–Crippen LogP) is 4.92. The molecule has 1 aromatic heterocycles. The van der Waals surface area contributed by atoms with Crippen LogP contribution in [0.5, 0.6) is 0 Å². The number of benzene rings is 1. The zero-order valence-corrected chi connectivity index (χ0v) is 12.2. The summed E-state index contributed by atoms with van der Waals surface area (Å²) < 4.78 is 38.2. The molecule has 0 spiro atoms. The Bertz CT molecular complexity index is 575. The number of aliphatic hydroxyl groups excluding tert-OH is 1. The summed E-state index contributed by atoms with van der Waals surface area (Å²) in [7, 11) is 0. The summed E-state index contributed by atoms with van der Waals surface area (Å²) in [6.45, 7) is 1.86. The van der Waals surface area contributed by atoms with E-state index in [1.165, 1.54) is 23.5 Å². The fourth-order valence-corrected chi connectivity index (χ4v) is 3.51. The summed E-state index contributed by atoms with van der Waals surface area (Å²) in [4.78, 5) is 0.930. The second-order valence-electron chi connectivity index (χ2n) is 4.08. The number of hydrogen-bond acceptors (Lipinski definition) is 2. The maximum Gasteiger partial charge on any atom is 0.416 e. The second-order valence-corrected chi connectivity index (χ2v) is 6.72. The normalized spacial score (nSPS) is 13.6. The molecule has 0 aliphatic heterocycles. The van der Waals surface area contributed by atoms with E-state index < -0.39 is 17.8 Å². The van der Waals surface area contributed by atoms with Crippen LogP contribution in [0.2, 0.25) is 0 Å². The highest BCUT2D eigenvalue weighted by atomic mass is 79.9. The van der Waals surface area contributed by atoms with E-state index in [-0.39, 0.29) is 0 Å². The molecule has 1 unspecified atom stereocenters. The van der Waals surface area contributed by atoms with Crippen molar-refractivity contribution < 1.29 is 18.3 Å². The Balaban J connectivity index is 2.30. The smallest absolute Gasteiger partial charge is 0.384 e. The van der Waals surface area contributed by atoms with Crippen molar-refractivity contribution in [3.8, 4) is 0 Å². The molecule has 0 bridgehead atoms. The first-order valence-corrected chi connectivity index (χ1v) is 7.01. The summed E-state index contributed by atoms with van der Waals surface area (Å²) in [5.41, 5.74) is 0.435. The van der Waals surface area contributed by atoms with Crippen molar-refractivity contribution in [3.63, 3.8) is 0 Å². The molecule has 6 heteroatoms. The average Bonchev–Trinajstić information content (AvgIpc) is 2.66. The lowest BCUT2D eigenvalue weighted by Gasteiger charge is -2.12. The van der Waals surface area contributed by atoms with Gasteiger partial charge >= 0.3 is 6.18 Å². The van der Waals surface area contributed by atoms with Gasteiger partial charge in [0.05, 0.1) is 9.35 Å². The van der Waals surface area contributed by atoms with Gasteiger partial charge in [0.15, 0.2) is 0 Å². The fraction of sp³-hybridized carbons (Fsp3) is 0.231. The van der Waals surface area contributed by atoms with Crippen LogP contribution in [-0.4, -0.2) is 5.11 Å². The highest BCUT2D eigenvalue weighted by Crippen LogP contribution is 2.35. The van der Waals surface area contributed by atoms with Crippen molar-refractivity contribution in [2.75, 3.05) is 0 Å². The molecular formula is C13H10BrF3OS. The number of aryl methyl sites for hydroxylation is 1. The third kappa shape index (κ3) is 3.19. The largest absolute Gasteiger partial charge is 0.416 e. The zero-order valence-electron chi connectivity index (χ0n) is 9.83. The maximum atomic E-state index is 12.4. The van der Waals surface area contributed by atoms with Crippen molar-refractivity contribution in [3.05, 3.63) is 55.7 Å². The molecular weight excluding hydrogens is 341 g/mol. The molecule has 0 saturated carbocycles. The molecule has 1 aromatic carbocycles. The molecule has 1 heterocycles. The number of halogens is 4. The average molecular weight is 351 g/mol. The minimum Gasteiger partial charge on any atom is -0.384 e. The van der Waals surface area contributed by atoms with Crippen LogP contribution in [0, 0.1) is 6.92 Å². The van der Waals surface area contributed by atoms with Crippen molar-refractivity contribution in [1.82, 2.24) is 0 Å². The minimum absolute atomic E-state index is 0.446. The van der Waals surface area contributed by atoms with Gasteiger partial charge in [-0.3, -0.25) is 0 Å². The van der Waals surface area contributed by atoms with Gasteiger partial charge < -0.3 is 5.11 Å². The summed E-state index contributed by atoms with van der Waals surface area (Å²) in [5.74, 6) is 0. The molecule has 1 atom stereocenters. The van der Waals surface area contributed by atoms with Crippen molar-refractivity contribution >= 4 is 27.3 Å². The van der Waals surface area contributed by atoms with E-state index in [9.17, 15) is 18.3 Å². The molecule has 102 valence electrons. The van der Waals surface area contributed by atoms with Crippen LogP contribution in [0.4, 0.5) is 13.2 Å². The summed E-state index contributed by atoms with van der Waals surface area (Å²) in [6, 6.07) is 6.35.